The van der Waals surface area contributed by atoms with Crippen LogP contribution in [0.5, 0.6) is 0 Å². The normalized spacial score (nSPS) is 16.4. The molecule has 1 aromatic heterocycles. The second-order valence-corrected chi connectivity index (χ2v) is 5.40. The molecule has 0 saturated heterocycles. The highest BCUT2D eigenvalue weighted by atomic mass is 79.9. The molecule has 1 aliphatic rings. The van der Waals surface area contributed by atoms with Crippen molar-refractivity contribution in [1.82, 2.24) is 10.3 Å². The summed E-state index contributed by atoms with van der Waals surface area (Å²) >= 11 is 3.29. The van der Waals surface area contributed by atoms with Crippen molar-refractivity contribution in [2.75, 3.05) is 6.54 Å². The Kier molecular flexibility index (Phi) is 3.34. The summed E-state index contributed by atoms with van der Waals surface area (Å²) in [6.45, 7) is 0.678. The van der Waals surface area contributed by atoms with Gasteiger partial charge in [0.2, 0.25) is 0 Å². The van der Waals surface area contributed by atoms with Crippen molar-refractivity contribution in [2.24, 2.45) is 0 Å². The number of hydrogen-bond donors (Lipinski definition) is 1. The van der Waals surface area contributed by atoms with Gasteiger partial charge in [-0.3, -0.25) is 4.79 Å². The van der Waals surface area contributed by atoms with Gasteiger partial charge >= 0.3 is 0 Å². The van der Waals surface area contributed by atoms with Crippen molar-refractivity contribution in [3.63, 3.8) is 0 Å². The zero-order valence-electron chi connectivity index (χ0n) is 10.3. The lowest BCUT2D eigenvalue weighted by atomic mass is 9.77. The van der Waals surface area contributed by atoms with Gasteiger partial charge in [-0.15, -0.1) is 0 Å². The number of rotatable bonds is 3. The number of pyridine rings is 1. The van der Waals surface area contributed by atoms with Gasteiger partial charge in [-0.25, -0.2) is 4.98 Å². The average molecular weight is 317 g/mol. The second kappa shape index (κ2) is 5.13. The summed E-state index contributed by atoms with van der Waals surface area (Å²) in [5.74, 6) is 0.361. The van der Waals surface area contributed by atoms with Gasteiger partial charge in [-0.2, -0.15) is 0 Å². The fourth-order valence-corrected chi connectivity index (χ4v) is 2.84. The minimum absolute atomic E-state index is 0.0793. The molecule has 19 heavy (non-hydrogen) atoms. The van der Waals surface area contributed by atoms with E-state index in [1.807, 2.05) is 6.07 Å². The largest absolute Gasteiger partial charge is 0.351 e. The lowest BCUT2D eigenvalue weighted by molar-refractivity contribution is 0.0949. The Bertz CT molecular complexity index is 627. The van der Waals surface area contributed by atoms with E-state index in [0.717, 1.165) is 6.42 Å². The Morgan fingerprint density at radius 3 is 2.95 bits per heavy atom. The van der Waals surface area contributed by atoms with Crippen LogP contribution in [0.1, 0.15) is 27.4 Å². The lowest BCUT2D eigenvalue weighted by Crippen LogP contribution is -2.33. The van der Waals surface area contributed by atoms with E-state index in [1.165, 1.54) is 11.1 Å². The van der Waals surface area contributed by atoms with E-state index in [0.29, 0.717) is 22.6 Å². The van der Waals surface area contributed by atoms with Crippen molar-refractivity contribution in [2.45, 2.75) is 12.3 Å². The number of halogens is 1. The molecule has 0 spiro atoms. The third-order valence-corrected chi connectivity index (χ3v) is 4.11. The summed E-state index contributed by atoms with van der Waals surface area (Å²) < 4.78 is 0.585. The highest BCUT2D eigenvalue weighted by molar-refractivity contribution is 9.10. The van der Waals surface area contributed by atoms with Gasteiger partial charge in [0.1, 0.15) is 4.60 Å². The molecule has 4 heteroatoms. The Morgan fingerprint density at radius 2 is 2.16 bits per heavy atom. The number of nitrogens with one attached hydrogen (secondary N) is 1. The van der Waals surface area contributed by atoms with Crippen LogP contribution in [0.25, 0.3) is 0 Å². The van der Waals surface area contributed by atoms with Crippen molar-refractivity contribution in [1.29, 1.82) is 0 Å². The molecular formula is C15H13BrN2O. The second-order valence-electron chi connectivity index (χ2n) is 4.65. The number of amides is 1. The van der Waals surface area contributed by atoms with Crippen LogP contribution >= 0.6 is 15.9 Å². The molecule has 3 rings (SSSR count). The van der Waals surface area contributed by atoms with Crippen LogP contribution in [0.4, 0.5) is 0 Å². The highest BCUT2D eigenvalue weighted by Gasteiger charge is 2.25. The molecule has 1 heterocycles. The first kappa shape index (κ1) is 12.4. The van der Waals surface area contributed by atoms with Gasteiger partial charge in [0.05, 0.1) is 5.56 Å². The van der Waals surface area contributed by atoms with Crippen LogP contribution in [0.3, 0.4) is 0 Å². The maximum Gasteiger partial charge on any atom is 0.254 e. The first-order valence-corrected chi connectivity index (χ1v) is 7.01. The van der Waals surface area contributed by atoms with E-state index < -0.39 is 0 Å². The molecule has 1 N–H and O–H groups in total. The van der Waals surface area contributed by atoms with Gasteiger partial charge < -0.3 is 5.32 Å². The number of fused-ring (bicyclic) bond motifs is 1. The third-order valence-electron chi connectivity index (χ3n) is 3.47. The van der Waals surface area contributed by atoms with E-state index in [4.69, 9.17) is 0 Å². The molecule has 2 aromatic rings. The minimum Gasteiger partial charge on any atom is -0.351 e. The summed E-state index contributed by atoms with van der Waals surface area (Å²) in [5.41, 5.74) is 3.33. The van der Waals surface area contributed by atoms with E-state index in [-0.39, 0.29) is 5.91 Å². The summed E-state index contributed by atoms with van der Waals surface area (Å²) in [6, 6.07) is 11.9. The number of aromatic nitrogens is 1. The predicted octanol–water partition coefficient (Wildman–Crippen LogP) is 2.91. The van der Waals surface area contributed by atoms with E-state index in [2.05, 4.69) is 44.4 Å². The predicted molar refractivity (Wildman–Crippen MR) is 77.2 cm³/mol. The molecule has 1 aliphatic carbocycles. The van der Waals surface area contributed by atoms with Crippen LogP contribution in [0, 0.1) is 0 Å². The number of benzene rings is 1. The highest BCUT2D eigenvalue weighted by Crippen LogP contribution is 2.34. The monoisotopic (exact) mass is 316 g/mol. The topological polar surface area (TPSA) is 42.0 Å². The fourth-order valence-electron chi connectivity index (χ4n) is 2.41. The average Bonchev–Trinajstić information content (AvgIpc) is 2.40. The Morgan fingerprint density at radius 1 is 1.32 bits per heavy atom. The molecule has 0 fully saturated rings. The molecule has 1 atom stereocenters. The van der Waals surface area contributed by atoms with E-state index >= 15 is 0 Å². The molecule has 0 radical (unpaired) electrons. The summed E-state index contributed by atoms with van der Waals surface area (Å²) in [4.78, 5) is 16.1. The smallest absolute Gasteiger partial charge is 0.254 e. The fraction of sp³-hybridized carbons (Fsp3) is 0.200. The van der Waals surface area contributed by atoms with Crippen LogP contribution in [-0.4, -0.2) is 17.4 Å². The number of carbonyl (C=O) groups is 1. The number of carbonyl (C=O) groups excluding carboxylic acids is 1. The van der Waals surface area contributed by atoms with Crippen molar-refractivity contribution >= 4 is 21.8 Å². The molecule has 0 bridgehead atoms. The number of hydrogen-bond acceptors (Lipinski definition) is 2. The lowest BCUT2D eigenvalue weighted by Gasteiger charge is -2.30. The van der Waals surface area contributed by atoms with E-state index in [1.54, 1.807) is 18.3 Å². The van der Waals surface area contributed by atoms with E-state index in [9.17, 15) is 4.79 Å². The van der Waals surface area contributed by atoms with Crippen molar-refractivity contribution in [3.8, 4) is 0 Å². The van der Waals surface area contributed by atoms with Crippen LogP contribution in [-0.2, 0) is 6.42 Å². The quantitative estimate of drug-likeness (QED) is 0.885. The first-order chi connectivity index (χ1) is 9.25. The Balaban J connectivity index is 1.63. The number of nitrogens with zero attached hydrogens (tertiary/aromatic N) is 1. The van der Waals surface area contributed by atoms with Gasteiger partial charge in [0, 0.05) is 18.7 Å². The van der Waals surface area contributed by atoms with Gasteiger partial charge in [-0.1, -0.05) is 24.3 Å². The standard InChI is InChI=1S/C15H13BrN2O/c16-14-13(6-3-7-17-14)15(19)18-9-11-8-10-4-1-2-5-12(10)11/h1-7,11H,8-9H2,(H,18,19). The zero-order chi connectivity index (χ0) is 13.2. The van der Waals surface area contributed by atoms with Crippen molar-refractivity contribution in [3.05, 3.63) is 63.9 Å². The maximum absolute atomic E-state index is 12.0. The van der Waals surface area contributed by atoms with Gasteiger partial charge in [-0.05, 0) is 45.6 Å². The van der Waals surface area contributed by atoms with Crippen molar-refractivity contribution < 1.29 is 4.79 Å². The van der Waals surface area contributed by atoms with Crippen LogP contribution < -0.4 is 5.32 Å². The van der Waals surface area contributed by atoms with Gasteiger partial charge in [0.15, 0.2) is 0 Å². The molecule has 0 saturated carbocycles. The Labute approximate surface area is 120 Å². The molecule has 1 unspecified atom stereocenters. The van der Waals surface area contributed by atoms with Crippen LogP contribution in [0.15, 0.2) is 47.2 Å². The first-order valence-electron chi connectivity index (χ1n) is 6.22. The molecular weight excluding hydrogens is 304 g/mol. The molecule has 3 nitrogen and oxygen atoms in total. The Hall–Kier alpha value is -1.68. The molecule has 0 aliphatic heterocycles. The molecule has 1 aromatic carbocycles. The summed E-state index contributed by atoms with van der Waals surface area (Å²) in [7, 11) is 0. The maximum atomic E-state index is 12.0. The zero-order valence-corrected chi connectivity index (χ0v) is 11.9. The summed E-state index contributed by atoms with van der Waals surface area (Å²) in [5, 5.41) is 2.97. The molecule has 96 valence electrons. The minimum atomic E-state index is -0.0793. The SMILES string of the molecule is O=C(NCC1Cc2ccccc21)c1cccnc1Br. The molecule has 1 amide bonds. The van der Waals surface area contributed by atoms with Crippen LogP contribution in [0.2, 0.25) is 0 Å². The summed E-state index contributed by atoms with van der Waals surface area (Å²) in [6.07, 6.45) is 2.70. The third kappa shape index (κ3) is 2.40. The van der Waals surface area contributed by atoms with Gasteiger partial charge in [0.25, 0.3) is 5.91 Å².